The molecule has 67 heavy (non-hydrogen) atoms. The van der Waals surface area contributed by atoms with E-state index in [1.807, 2.05) is 29.2 Å². The highest BCUT2D eigenvalue weighted by atomic mass is 79.9. The zero-order chi connectivity index (χ0) is 48.2. The molecule has 0 N–H and O–H groups in total. The number of allylic oxidation sites excluding steroid dienone is 1. The SMILES string of the molecule is C=C(C)[C@H](CCCO[Si](c1ccccc1)(c1ccccc1)C(C)(C)C)[C@@H](/C=C/c1cc(OC)ccc1Br)C(=O)N1C[C@H](OCOC)C[C@H]1CO[Si](c1ccccc1)(c1ccccc1)C(C)(C)C. The van der Waals surface area contributed by atoms with E-state index in [1.54, 1.807) is 14.2 Å². The fourth-order valence-corrected chi connectivity index (χ4v) is 19.7. The normalized spacial score (nSPS) is 16.8. The van der Waals surface area contributed by atoms with Gasteiger partial charge >= 0.3 is 0 Å². The average molecular weight is 1000 g/mol. The van der Waals surface area contributed by atoms with Crippen molar-refractivity contribution in [1.29, 1.82) is 0 Å². The summed E-state index contributed by atoms with van der Waals surface area (Å²) in [6, 6.07) is 48.5. The second-order valence-electron chi connectivity index (χ2n) is 19.9. The molecule has 1 aliphatic heterocycles. The van der Waals surface area contributed by atoms with Crippen LogP contribution in [0, 0.1) is 11.8 Å². The van der Waals surface area contributed by atoms with Crippen LogP contribution in [0.1, 0.15) is 73.3 Å². The summed E-state index contributed by atoms with van der Waals surface area (Å²) in [7, 11) is -2.40. The largest absolute Gasteiger partial charge is 0.497 e. The number of likely N-dealkylation sites (tertiary alicyclic amines) is 1. The zero-order valence-corrected chi connectivity index (χ0v) is 44.8. The smallest absolute Gasteiger partial charge is 0.261 e. The molecule has 1 saturated heterocycles. The second-order valence-corrected chi connectivity index (χ2v) is 29.4. The van der Waals surface area contributed by atoms with E-state index in [0.717, 1.165) is 27.8 Å². The highest BCUT2D eigenvalue weighted by Crippen LogP contribution is 2.40. The molecule has 0 aliphatic carbocycles. The average Bonchev–Trinajstić information content (AvgIpc) is 3.74. The highest BCUT2D eigenvalue weighted by Gasteiger charge is 2.52. The van der Waals surface area contributed by atoms with E-state index < -0.39 is 22.6 Å². The van der Waals surface area contributed by atoms with E-state index >= 15 is 4.79 Å². The van der Waals surface area contributed by atoms with Gasteiger partial charge in [0.1, 0.15) is 12.5 Å². The van der Waals surface area contributed by atoms with Crippen LogP contribution in [0.5, 0.6) is 5.75 Å². The molecule has 356 valence electrons. The Hall–Kier alpha value is -4.40. The minimum Gasteiger partial charge on any atom is -0.497 e. The number of carbonyl (C=O) groups is 1. The number of amides is 1. The molecule has 1 fully saturated rings. The van der Waals surface area contributed by atoms with Crippen molar-refractivity contribution in [2.75, 3.05) is 40.8 Å². The van der Waals surface area contributed by atoms with E-state index in [9.17, 15) is 0 Å². The van der Waals surface area contributed by atoms with Gasteiger partial charge in [0.2, 0.25) is 5.91 Å². The minimum absolute atomic E-state index is 0.0238. The first-order valence-corrected chi connectivity index (χ1v) is 28.3. The summed E-state index contributed by atoms with van der Waals surface area (Å²) >= 11 is 3.76. The summed E-state index contributed by atoms with van der Waals surface area (Å²) in [5.41, 5.74) is 1.87. The molecule has 0 spiro atoms. The second kappa shape index (κ2) is 23.3. The van der Waals surface area contributed by atoms with Crippen molar-refractivity contribution in [3.05, 3.63) is 168 Å². The van der Waals surface area contributed by atoms with Crippen LogP contribution in [-0.4, -0.2) is 80.4 Å². The summed E-state index contributed by atoms with van der Waals surface area (Å²) in [5.74, 6) is 0.0321. The van der Waals surface area contributed by atoms with E-state index in [-0.39, 0.29) is 40.8 Å². The molecule has 0 aromatic heterocycles. The summed E-state index contributed by atoms with van der Waals surface area (Å²) in [4.78, 5) is 17.8. The number of benzene rings is 5. The monoisotopic (exact) mass is 1000 g/mol. The van der Waals surface area contributed by atoms with Gasteiger partial charge in [-0.05, 0) is 86.7 Å². The van der Waals surface area contributed by atoms with E-state index in [4.69, 9.17) is 23.1 Å². The maximum absolute atomic E-state index is 15.7. The van der Waals surface area contributed by atoms with Gasteiger partial charge in [-0.3, -0.25) is 4.79 Å². The Kier molecular flexibility index (Phi) is 18.1. The molecule has 7 nitrogen and oxygen atoms in total. The van der Waals surface area contributed by atoms with Gasteiger partial charge in [-0.25, -0.2) is 0 Å². The Balaban J connectivity index is 1.36. The van der Waals surface area contributed by atoms with Crippen molar-refractivity contribution >= 4 is 65.3 Å². The van der Waals surface area contributed by atoms with Crippen molar-refractivity contribution < 1.29 is 27.9 Å². The van der Waals surface area contributed by atoms with Crippen molar-refractivity contribution in [3.8, 4) is 5.75 Å². The van der Waals surface area contributed by atoms with Gasteiger partial charge in [-0.1, -0.05) is 203 Å². The summed E-state index contributed by atoms with van der Waals surface area (Å²) in [5, 5.41) is 4.50. The number of rotatable bonds is 21. The van der Waals surface area contributed by atoms with Crippen LogP contribution in [0.25, 0.3) is 6.08 Å². The Bertz CT molecular complexity index is 2290. The molecule has 6 rings (SSSR count). The van der Waals surface area contributed by atoms with Gasteiger partial charge in [0, 0.05) is 24.7 Å². The molecule has 0 unspecified atom stereocenters. The van der Waals surface area contributed by atoms with Crippen molar-refractivity contribution in [1.82, 2.24) is 4.90 Å². The van der Waals surface area contributed by atoms with Crippen LogP contribution in [0.2, 0.25) is 10.1 Å². The first kappa shape index (κ1) is 52.0. The topological polar surface area (TPSA) is 66.5 Å². The molecule has 0 saturated carbocycles. The van der Waals surface area contributed by atoms with Crippen molar-refractivity contribution in [2.45, 2.75) is 90.0 Å². The van der Waals surface area contributed by atoms with Gasteiger partial charge in [0.25, 0.3) is 16.6 Å². The van der Waals surface area contributed by atoms with Crippen LogP contribution in [-0.2, 0) is 23.1 Å². The highest BCUT2D eigenvalue weighted by molar-refractivity contribution is 9.10. The minimum atomic E-state index is -2.93. The lowest BCUT2D eigenvalue weighted by Gasteiger charge is -2.44. The van der Waals surface area contributed by atoms with Crippen LogP contribution in [0.3, 0.4) is 0 Å². The van der Waals surface area contributed by atoms with Gasteiger partial charge in [-0.2, -0.15) is 0 Å². The lowest BCUT2D eigenvalue weighted by molar-refractivity contribution is -0.137. The van der Waals surface area contributed by atoms with Gasteiger partial charge in [0.15, 0.2) is 0 Å². The Morgan fingerprint density at radius 1 is 0.761 bits per heavy atom. The van der Waals surface area contributed by atoms with Crippen LogP contribution < -0.4 is 25.5 Å². The van der Waals surface area contributed by atoms with Gasteiger partial charge in [-0.15, -0.1) is 0 Å². The van der Waals surface area contributed by atoms with E-state index in [1.165, 1.54) is 20.7 Å². The number of ether oxygens (including phenoxy) is 3. The van der Waals surface area contributed by atoms with Crippen LogP contribution in [0.4, 0.5) is 0 Å². The molecule has 0 radical (unpaired) electrons. The molecular weight excluding hydrogens is 931 g/mol. The molecule has 1 amide bonds. The summed E-state index contributed by atoms with van der Waals surface area (Å²) < 4.78 is 33.1. The maximum atomic E-state index is 15.7. The van der Waals surface area contributed by atoms with E-state index in [2.05, 4.69) is 198 Å². The lowest BCUT2D eigenvalue weighted by Crippen LogP contribution is -2.67. The number of nitrogens with zero attached hydrogens (tertiary/aromatic N) is 1. The Labute approximate surface area is 411 Å². The fraction of sp³-hybridized carbons (Fsp3) is 0.386. The third-order valence-electron chi connectivity index (χ3n) is 13.4. The van der Waals surface area contributed by atoms with Gasteiger partial charge in [0.05, 0.1) is 31.8 Å². The van der Waals surface area contributed by atoms with Crippen LogP contribution >= 0.6 is 15.9 Å². The first-order valence-electron chi connectivity index (χ1n) is 23.7. The molecule has 1 aliphatic rings. The molecule has 10 heteroatoms. The lowest BCUT2D eigenvalue weighted by atomic mass is 9.82. The summed E-state index contributed by atoms with van der Waals surface area (Å²) in [6.07, 6.45) is 5.96. The summed E-state index contributed by atoms with van der Waals surface area (Å²) in [6.45, 7) is 21.8. The first-order chi connectivity index (χ1) is 32.1. The van der Waals surface area contributed by atoms with Crippen LogP contribution in [0.15, 0.2) is 162 Å². The van der Waals surface area contributed by atoms with Crippen molar-refractivity contribution in [3.63, 3.8) is 0 Å². The van der Waals surface area contributed by atoms with E-state index in [0.29, 0.717) is 32.6 Å². The number of methoxy groups -OCH3 is 2. The predicted octanol–water partition coefficient (Wildman–Crippen LogP) is 10.8. The van der Waals surface area contributed by atoms with Gasteiger partial charge < -0.3 is 28.0 Å². The molecule has 5 aromatic rings. The molecule has 0 bridgehead atoms. The molecular formula is C57H72BrNO6Si2. The third kappa shape index (κ3) is 11.9. The molecule has 4 atom stereocenters. The van der Waals surface area contributed by atoms with Crippen molar-refractivity contribution in [2.24, 2.45) is 11.8 Å². The molecule has 5 aromatic carbocycles. The number of hydrogen-bond acceptors (Lipinski definition) is 6. The standard InChI is InChI=1S/C57H72BrNO6Si2/c1-43(2)52(32-23-37-64-66(56(3,4)5,48-24-15-11-16-25-48)49-26-17-12-18-27-49)53(35-33-44-38-46(62-10)34-36-54(44)58)55(60)59-40-47(63-42-61-9)39-45(59)41-65-67(57(6,7)8,50-28-19-13-20-29-50)51-30-21-14-22-31-51/h11-22,24-31,33-36,38,45,47,52-53H,1,23,32,37,39-42H2,2-10H3/b35-33+/t45-,47+,52-,53+/m0/s1. The third-order valence-corrected chi connectivity index (χ3v) is 24.2. The number of carbonyl (C=O) groups excluding carboxylic acids is 1. The molecule has 1 heterocycles. The zero-order valence-electron chi connectivity index (χ0n) is 41.2. The Morgan fingerprint density at radius 3 is 1.70 bits per heavy atom. The quantitative estimate of drug-likeness (QED) is 0.0316. The predicted molar refractivity (Wildman–Crippen MR) is 285 cm³/mol. The Morgan fingerprint density at radius 2 is 1.25 bits per heavy atom. The fourth-order valence-electron chi connectivity index (χ4n) is 10.2. The number of halogens is 1. The maximum Gasteiger partial charge on any atom is 0.261 e. The number of hydrogen-bond donors (Lipinski definition) is 0.